The van der Waals surface area contributed by atoms with Crippen LogP contribution < -0.4 is 9.64 Å². The molecule has 0 aliphatic carbocycles. The van der Waals surface area contributed by atoms with Crippen molar-refractivity contribution < 1.29 is 14.6 Å². The molecule has 0 saturated heterocycles. The average Bonchev–Trinajstić information content (AvgIpc) is 3.07. The Morgan fingerprint density at radius 2 is 1.88 bits per heavy atom. The summed E-state index contributed by atoms with van der Waals surface area (Å²) in [6.45, 7) is 9.93. The van der Waals surface area contributed by atoms with Gasteiger partial charge in [0.15, 0.2) is 5.82 Å². The summed E-state index contributed by atoms with van der Waals surface area (Å²) in [7, 11) is -1.39. The summed E-state index contributed by atoms with van der Waals surface area (Å²) in [6, 6.07) is 18.2. The average molecular weight is 472 g/mol. The molecule has 1 heterocycles. The second kappa shape index (κ2) is 10.2. The standard InChI is InChI=1S/C24H30ClN3O3Si/c1-18-14-23(27(24(29)30)12-13-32(2,3)4)26-28(18)16-20-15-21(25)10-11-22(20)31-17-19-8-6-5-7-9-19/h5-11,14-15H,12-13,16-17H2,1-4H3,(H,29,30). The van der Waals surface area contributed by atoms with E-state index in [1.807, 2.05) is 55.5 Å². The van der Waals surface area contributed by atoms with Gasteiger partial charge in [-0.3, -0.25) is 9.58 Å². The van der Waals surface area contributed by atoms with Gasteiger partial charge in [0, 0.05) is 37.0 Å². The predicted octanol–water partition coefficient (Wildman–Crippen LogP) is 6.29. The minimum atomic E-state index is -1.39. The van der Waals surface area contributed by atoms with E-state index in [2.05, 4.69) is 24.7 Å². The van der Waals surface area contributed by atoms with E-state index in [9.17, 15) is 9.90 Å². The van der Waals surface area contributed by atoms with E-state index in [4.69, 9.17) is 16.3 Å². The van der Waals surface area contributed by atoms with Gasteiger partial charge in [-0.1, -0.05) is 61.6 Å². The van der Waals surface area contributed by atoms with Crippen LogP contribution in [-0.4, -0.2) is 35.6 Å². The smallest absolute Gasteiger partial charge is 0.413 e. The minimum Gasteiger partial charge on any atom is -0.489 e. The molecule has 32 heavy (non-hydrogen) atoms. The summed E-state index contributed by atoms with van der Waals surface area (Å²) in [5.41, 5.74) is 2.83. The number of anilines is 1. The van der Waals surface area contributed by atoms with Crippen molar-refractivity contribution >= 4 is 31.6 Å². The molecule has 1 aromatic heterocycles. The second-order valence-corrected chi connectivity index (χ2v) is 15.1. The van der Waals surface area contributed by atoms with Crippen LogP contribution in [0, 0.1) is 6.92 Å². The molecule has 3 aromatic rings. The zero-order valence-electron chi connectivity index (χ0n) is 19.0. The number of aryl methyl sites for hydroxylation is 1. The number of rotatable bonds is 9. The maximum Gasteiger partial charge on any atom is 0.413 e. The third-order valence-electron chi connectivity index (χ3n) is 5.14. The van der Waals surface area contributed by atoms with Crippen molar-refractivity contribution in [3.8, 4) is 5.75 Å². The third-order valence-corrected chi connectivity index (χ3v) is 7.10. The Morgan fingerprint density at radius 1 is 1.16 bits per heavy atom. The molecule has 1 N–H and O–H groups in total. The van der Waals surface area contributed by atoms with Gasteiger partial charge >= 0.3 is 6.09 Å². The lowest BCUT2D eigenvalue weighted by atomic mass is 10.2. The Balaban J connectivity index is 1.80. The molecule has 0 aliphatic heterocycles. The Kier molecular flexibility index (Phi) is 7.63. The zero-order chi connectivity index (χ0) is 23.3. The van der Waals surface area contributed by atoms with Gasteiger partial charge in [-0.25, -0.2) is 4.79 Å². The fourth-order valence-electron chi connectivity index (χ4n) is 3.25. The zero-order valence-corrected chi connectivity index (χ0v) is 20.8. The van der Waals surface area contributed by atoms with Crippen LogP contribution in [0.25, 0.3) is 0 Å². The van der Waals surface area contributed by atoms with Crippen LogP contribution >= 0.6 is 11.6 Å². The van der Waals surface area contributed by atoms with E-state index in [0.717, 1.165) is 28.6 Å². The van der Waals surface area contributed by atoms with E-state index in [1.54, 1.807) is 10.7 Å². The molecule has 0 fully saturated rings. The molecule has 1 amide bonds. The molecule has 170 valence electrons. The van der Waals surface area contributed by atoms with E-state index >= 15 is 0 Å². The van der Waals surface area contributed by atoms with Crippen LogP contribution in [-0.2, 0) is 13.2 Å². The van der Waals surface area contributed by atoms with Crippen molar-refractivity contribution in [2.45, 2.75) is 45.8 Å². The first kappa shape index (κ1) is 23.9. The van der Waals surface area contributed by atoms with Crippen molar-refractivity contribution in [1.82, 2.24) is 9.78 Å². The van der Waals surface area contributed by atoms with Crippen LogP contribution in [0.5, 0.6) is 5.75 Å². The highest BCUT2D eigenvalue weighted by Gasteiger charge is 2.22. The molecule has 6 nitrogen and oxygen atoms in total. The van der Waals surface area contributed by atoms with Crippen LogP contribution in [0.3, 0.4) is 0 Å². The van der Waals surface area contributed by atoms with Crippen molar-refractivity contribution in [3.63, 3.8) is 0 Å². The van der Waals surface area contributed by atoms with Crippen molar-refractivity contribution in [2.75, 3.05) is 11.4 Å². The van der Waals surface area contributed by atoms with E-state index in [0.29, 0.717) is 30.5 Å². The van der Waals surface area contributed by atoms with Gasteiger partial charge < -0.3 is 9.84 Å². The molecule has 0 aliphatic rings. The molecule has 0 spiro atoms. The summed E-state index contributed by atoms with van der Waals surface area (Å²) >= 11 is 6.25. The van der Waals surface area contributed by atoms with Crippen molar-refractivity contribution in [1.29, 1.82) is 0 Å². The Labute approximate surface area is 195 Å². The van der Waals surface area contributed by atoms with E-state index < -0.39 is 14.2 Å². The van der Waals surface area contributed by atoms with E-state index in [-0.39, 0.29) is 0 Å². The number of hydrogen-bond donors (Lipinski definition) is 1. The molecule has 2 aromatic carbocycles. The first-order chi connectivity index (χ1) is 15.1. The highest BCUT2D eigenvalue weighted by molar-refractivity contribution is 6.76. The van der Waals surface area contributed by atoms with Crippen molar-refractivity contribution in [3.05, 3.63) is 76.4 Å². The number of benzene rings is 2. The van der Waals surface area contributed by atoms with Crippen LogP contribution in [0.2, 0.25) is 30.7 Å². The third kappa shape index (κ3) is 6.61. The summed E-state index contributed by atoms with van der Waals surface area (Å²) in [6.07, 6.45) is -0.984. The number of halogens is 1. The lowest BCUT2D eigenvalue weighted by Gasteiger charge is -2.21. The number of ether oxygens (including phenoxy) is 1. The molecule has 3 rings (SSSR count). The first-order valence-corrected chi connectivity index (χ1v) is 14.7. The second-order valence-electron chi connectivity index (χ2n) is 9.07. The highest BCUT2D eigenvalue weighted by atomic mass is 35.5. The highest BCUT2D eigenvalue weighted by Crippen LogP contribution is 2.26. The van der Waals surface area contributed by atoms with Crippen LogP contribution in [0.15, 0.2) is 54.6 Å². The Bertz CT molecular complexity index is 1060. The lowest BCUT2D eigenvalue weighted by Crippen LogP contribution is -2.35. The van der Waals surface area contributed by atoms with Gasteiger partial charge in [-0.2, -0.15) is 5.10 Å². The summed E-state index contributed by atoms with van der Waals surface area (Å²) < 4.78 is 7.85. The normalized spacial score (nSPS) is 11.4. The number of hydrogen-bond acceptors (Lipinski definition) is 3. The van der Waals surface area contributed by atoms with Gasteiger partial charge in [0.1, 0.15) is 12.4 Å². The van der Waals surface area contributed by atoms with Gasteiger partial charge in [-0.15, -0.1) is 0 Å². The maximum absolute atomic E-state index is 11.9. The molecule has 0 atom stereocenters. The summed E-state index contributed by atoms with van der Waals surface area (Å²) in [4.78, 5) is 13.2. The Hall–Kier alpha value is -2.77. The summed E-state index contributed by atoms with van der Waals surface area (Å²) in [5.74, 6) is 1.17. The number of carboxylic acid groups (broad SMARTS) is 1. The number of carbonyl (C=O) groups is 1. The topological polar surface area (TPSA) is 67.6 Å². The largest absolute Gasteiger partial charge is 0.489 e. The van der Waals surface area contributed by atoms with Gasteiger partial charge in [0.2, 0.25) is 0 Å². The fraction of sp³-hybridized carbons (Fsp3) is 0.333. The molecule has 8 heteroatoms. The van der Waals surface area contributed by atoms with E-state index in [1.165, 1.54) is 4.90 Å². The van der Waals surface area contributed by atoms with Crippen molar-refractivity contribution in [2.24, 2.45) is 0 Å². The van der Waals surface area contributed by atoms with Crippen LogP contribution in [0.4, 0.5) is 10.6 Å². The fourth-order valence-corrected chi connectivity index (χ4v) is 4.34. The molecular formula is C24H30ClN3O3Si. The first-order valence-electron chi connectivity index (χ1n) is 10.6. The number of amides is 1. The maximum atomic E-state index is 11.9. The van der Waals surface area contributed by atoms with Crippen LogP contribution in [0.1, 0.15) is 16.8 Å². The Morgan fingerprint density at radius 3 is 2.53 bits per heavy atom. The van der Waals surface area contributed by atoms with Gasteiger partial charge in [-0.05, 0) is 36.7 Å². The minimum absolute atomic E-state index is 0.429. The molecule has 0 saturated carbocycles. The molecule has 0 unspecified atom stereocenters. The number of aromatic nitrogens is 2. The summed E-state index contributed by atoms with van der Waals surface area (Å²) in [5, 5.41) is 14.9. The van der Waals surface area contributed by atoms with Gasteiger partial charge in [0.25, 0.3) is 0 Å². The SMILES string of the molecule is Cc1cc(N(CC[Si](C)(C)C)C(=O)O)nn1Cc1cc(Cl)ccc1OCc1ccccc1. The monoisotopic (exact) mass is 471 g/mol. The van der Waals surface area contributed by atoms with Gasteiger partial charge in [0.05, 0.1) is 6.54 Å². The molecular weight excluding hydrogens is 442 g/mol. The molecule has 0 bridgehead atoms. The number of nitrogens with zero attached hydrogens (tertiary/aromatic N) is 3. The lowest BCUT2D eigenvalue weighted by molar-refractivity contribution is 0.202. The quantitative estimate of drug-likeness (QED) is 0.372. The molecule has 0 radical (unpaired) electrons. The predicted molar refractivity (Wildman–Crippen MR) is 132 cm³/mol.